The van der Waals surface area contributed by atoms with Crippen molar-refractivity contribution in [3.8, 4) is 11.8 Å². The number of thiophene rings is 1. The summed E-state index contributed by atoms with van der Waals surface area (Å²) < 4.78 is 19.3. The maximum atomic E-state index is 13.8. The van der Waals surface area contributed by atoms with Gasteiger partial charge in [-0.25, -0.2) is 4.39 Å². The molecule has 2 rings (SSSR count). The van der Waals surface area contributed by atoms with Gasteiger partial charge in [0.05, 0.1) is 16.6 Å². The van der Waals surface area contributed by atoms with Crippen LogP contribution in [0, 0.1) is 17.1 Å². The van der Waals surface area contributed by atoms with Gasteiger partial charge < -0.3 is 4.74 Å². The van der Waals surface area contributed by atoms with Gasteiger partial charge in [0, 0.05) is 11.3 Å². The molecule has 2 nitrogen and oxygen atoms in total. The van der Waals surface area contributed by atoms with Gasteiger partial charge in [0.1, 0.15) is 6.07 Å². The molecule has 1 aromatic heterocycles. The van der Waals surface area contributed by atoms with Crippen LogP contribution < -0.4 is 4.74 Å². The summed E-state index contributed by atoms with van der Waals surface area (Å²) in [4.78, 5) is 1.20. The lowest BCUT2D eigenvalue weighted by Crippen LogP contribution is -2.02. The van der Waals surface area contributed by atoms with Gasteiger partial charge in [0.15, 0.2) is 11.6 Å². The number of halogens is 2. The second-order valence-corrected chi connectivity index (χ2v) is 5.35. The highest BCUT2D eigenvalue weighted by Crippen LogP contribution is 2.28. The normalized spacial score (nSPS) is 10.1. The number of nitrogens with zero attached hydrogens (tertiary/aromatic N) is 1. The standard InChI is InChI=1S/C13H9BrFNOS/c14-12-9(8-16)3-4-11(13(12)15)17-6-5-10-2-1-7-18-10/h1-4,7H,5-6H2. The summed E-state index contributed by atoms with van der Waals surface area (Å²) in [6.45, 7) is 0.412. The Morgan fingerprint density at radius 1 is 1.39 bits per heavy atom. The van der Waals surface area contributed by atoms with Gasteiger partial charge in [0.25, 0.3) is 0 Å². The van der Waals surface area contributed by atoms with Gasteiger partial charge in [-0.3, -0.25) is 0 Å². The van der Waals surface area contributed by atoms with E-state index in [9.17, 15) is 4.39 Å². The molecule has 0 radical (unpaired) electrons. The molecule has 2 aromatic rings. The fraction of sp³-hybridized carbons (Fsp3) is 0.154. The molecule has 92 valence electrons. The molecule has 0 amide bonds. The monoisotopic (exact) mass is 325 g/mol. The maximum absolute atomic E-state index is 13.8. The summed E-state index contributed by atoms with van der Waals surface area (Å²) in [5.74, 6) is -0.363. The zero-order valence-electron chi connectivity index (χ0n) is 9.32. The van der Waals surface area contributed by atoms with E-state index < -0.39 is 5.82 Å². The molecule has 1 aromatic carbocycles. The minimum atomic E-state index is -0.528. The minimum absolute atomic E-state index is 0.152. The third-order valence-electron chi connectivity index (χ3n) is 2.35. The molecule has 0 saturated heterocycles. The van der Waals surface area contributed by atoms with Crippen molar-refractivity contribution in [3.05, 3.63) is 50.4 Å². The van der Waals surface area contributed by atoms with E-state index in [1.165, 1.54) is 17.0 Å². The highest BCUT2D eigenvalue weighted by Gasteiger charge is 2.12. The van der Waals surface area contributed by atoms with Crippen LogP contribution in [0.4, 0.5) is 4.39 Å². The van der Waals surface area contributed by atoms with E-state index in [1.807, 2.05) is 23.6 Å². The molecule has 0 atom stereocenters. The molecule has 0 bridgehead atoms. The highest BCUT2D eigenvalue weighted by molar-refractivity contribution is 9.10. The molecule has 0 aliphatic heterocycles. The van der Waals surface area contributed by atoms with E-state index in [0.29, 0.717) is 6.61 Å². The lowest BCUT2D eigenvalue weighted by molar-refractivity contribution is 0.305. The average molecular weight is 326 g/mol. The molecule has 0 aliphatic carbocycles. The molecule has 0 fully saturated rings. The number of ether oxygens (including phenoxy) is 1. The summed E-state index contributed by atoms with van der Waals surface area (Å²) in [7, 11) is 0. The summed E-state index contributed by atoms with van der Waals surface area (Å²) in [5.41, 5.74) is 0.262. The lowest BCUT2D eigenvalue weighted by Gasteiger charge is -2.08. The number of nitriles is 1. The first-order chi connectivity index (χ1) is 8.72. The summed E-state index contributed by atoms with van der Waals surface area (Å²) in [6.07, 6.45) is 0.745. The SMILES string of the molecule is N#Cc1ccc(OCCc2cccs2)c(F)c1Br. The lowest BCUT2D eigenvalue weighted by atomic mass is 10.2. The summed E-state index contributed by atoms with van der Waals surface area (Å²) in [6, 6.07) is 8.90. The van der Waals surface area contributed by atoms with Gasteiger partial charge >= 0.3 is 0 Å². The van der Waals surface area contributed by atoms with Crippen molar-refractivity contribution in [1.29, 1.82) is 5.26 Å². The predicted molar refractivity (Wildman–Crippen MR) is 72.3 cm³/mol. The Balaban J connectivity index is 2.02. The predicted octanol–water partition coefficient (Wildman–Crippen LogP) is 4.14. The quantitative estimate of drug-likeness (QED) is 0.846. The van der Waals surface area contributed by atoms with Gasteiger partial charge in [-0.15, -0.1) is 11.3 Å². The van der Waals surface area contributed by atoms with Crippen molar-refractivity contribution in [2.75, 3.05) is 6.61 Å². The number of benzene rings is 1. The van der Waals surface area contributed by atoms with Crippen LogP contribution in [0.15, 0.2) is 34.1 Å². The van der Waals surface area contributed by atoms with Crippen LogP contribution in [0.2, 0.25) is 0 Å². The number of rotatable bonds is 4. The van der Waals surface area contributed by atoms with Crippen LogP contribution in [0.5, 0.6) is 5.75 Å². The first kappa shape index (κ1) is 13.1. The Hall–Kier alpha value is -1.38. The topological polar surface area (TPSA) is 33.0 Å². The molecule has 0 saturated carbocycles. The van der Waals surface area contributed by atoms with Gasteiger partial charge in [-0.1, -0.05) is 6.07 Å². The van der Waals surface area contributed by atoms with Crippen LogP contribution in [-0.4, -0.2) is 6.61 Å². The van der Waals surface area contributed by atoms with Crippen molar-refractivity contribution >= 4 is 27.3 Å². The average Bonchev–Trinajstić information content (AvgIpc) is 2.88. The first-order valence-corrected chi connectivity index (χ1v) is 6.93. The third-order valence-corrected chi connectivity index (χ3v) is 4.06. The van der Waals surface area contributed by atoms with Crippen LogP contribution in [-0.2, 0) is 6.42 Å². The Bertz CT molecular complexity index is 577. The third kappa shape index (κ3) is 2.89. The largest absolute Gasteiger partial charge is 0.490 e. The Kier molecular flexibility index (Phi) is 4.34. The van der Waals surface area contributed by atoms with E-state index in [4.69, 9.17) is 10.00 Å². The minimum Gasteiger partial charge on any atom is -0.490 e. The second kappa shape index (κ2) is 5.98. The summed E-state index contributed by atoms with van der Waals surface area (Å²) >= 11 is 4.69. The van der Waals surface area contributed by atoms with Crippen molar-refractivity contribution in [3.63, 3.8) is 0 Å². The van der Waals surface area contributed by atoms with Crippen LogP contribution >= 0.6 is 27.3 Å². The first-order valence-electron chi connectivity index (χ1n) is 5.25. The van der Waals surface area contributed by atoms with Crippen LogP contribution in [0.3, 0.4) is 0 Å². The van der Waals surface area contributed by atoms with E-state index in [0.717, 1.165) is 6.42 Å². The Morgan fingerprint density at radius 2 is 2.22 bits per heavy atom. The molecule has 0 N–H and O–H groups in total. The van der Waals surface area contributed by atoms with E-state index in [1.54, 1.807) is 11.3 Å². The maximum Gasteiger partial charge on any atom is 0.180 e. The van der Waals surface area contributed by atoms with Gasteiger partial charge in [-0.2, -0.15) is 5.26 Å². The number of hydrogen-bond acceptors (Lipinski definition) is 3. The molecule has 0 spiro atoms. The Morgan fingerprint density at radius 3 is 2.89 bits per heavy atom. The van der Waals surface area contributed by atoms with Crippen molar-refractivity contribution in [1.82, 2.24) is 0 Å². The van der Waals surface area contributed by atoms with Crippen molar-refractivity contribution in [2.45, 2.75) is 6.42 Å². The van der Waals surface area contributed by atoms with Crippen molar-refractivity contribution in [2.24, 2.45) is 0 Å². The summed E-state index contributed by atoms with van der Waals surface area (Å²) in [5, 5.41) is 10.7. The zero-order valence-corrected chi connectivity index (χ0v) is 11.7. The van der Waals surface area contributed by atoms with Gasteiger partial charge in [0.2, 0.25) is 0 Å². The van der Waals surface area contributed by atoms with E-state index in [-0.39, 0.29) is 15.8 Å². The smallest absolute Gasteiger partial charge is 0.180 e. The Labute approximate surface area is 117 Å². The molecule has 18 heavy (non-hydrogen) atoms. The van der Waals surface area contributed by atoms with E-state index in [2.05, 4.69) is 15.9 Å². The zero-order chi connectivity index (χ0) is 13.0. The van der Waals surface area contributed by atoms with Gasteiger partial charge in [-0.05, 0) is 39.5 Å². The second-order valence-electron chi connectivity index (χ2n) is 3.53. The molecular weight excluding hydrogens is 317 g/mol. The number of hydrogen-bond donors (Lipinski definition) is 0. The van der Waals surface area contributed by atoms with Crippen LogP contribution in [0.25, 0.3) is 0 Å². The fourth-order valence-corrected chi connectivity index (χ4v) is 2.55. The highest BCUT2D eigenvalue weighted by atomic mass is 79.9. The molecular formula is C13H9BrFNOS. The molecule has 5 heteroatoms. The molecule has 0 aliphatic rings. The van der Waals surface area contributed by atoms with Crippen LogP contribution in [0.1, 0.15) is 10.4 Å². The molecule has 0 unspecified atom stereocenters. The van der Waals surface area contributed by atoms with E-state index >= 15 is 0 Å². The molecule has 1 heterocycles. The fourth-order valence-electron chi connectivity index (χ4n) is 1.45. The van der Waals surface area contributed by atoms with Crippen molar-refractivity contribution < 1.29 is 9.13 Å².